The Kier molecular flexibility index (Phi) is 5.55. The smallest absolute Gasteiger partial charge is 0.258 e. The molecule has 1 N–H and O–H groups in total. The lowest BCUT2D eigenvalue weighted by Gasteiger charge is -2.25. The van der Waals surface area contributed by atoms with Crippen molar-refractivity contribution in [1.82, 2.24) is 0 Å². The molecule has 1 aliphatic heterocycles. The van der Waals surface area contributed by atoms with E-state index in [9.17, 15) is 18.4 Å². The van der Waals surface area contributed by atoms with Crippen molar-refractivity contribution in [3.05, 3.63) is 95.1 Å². The van der Waals surface area contributed by atoms with Gasteiger partial charge in [-0.3, -0.25) is 14.5 Å². The number of halogens is 2. The van der Waals surface area contributed by atoms with E-state index in [0.717, 1.165) is 11.1 Å². The van der Waals surface area contributed by atoms with Gasteiger partial charge in [0.15, 0.2) is 0 Å². The van der Waals surface area contributed by atoms with Crippen LogP contribution in [0.15, 0.2) is 66.7 Å². The van der Waals surface area contributed by atoms with Gasteiger partial charge >= 0.3 is 0 Å². The van der Waals surface area contributed by atoms with Gasteiger partial charge < -0.3 is 5.32 Å². The molecule has 0 radical (unpaired) electrons. The predicted octanol–water partition coefficient (Wildman–Crippen LogP) is 5.30. The molecule has 0 saturated carbocycles. The van der Waals surface area contributed by atoms with Crippen LogP contribution >= 0.6 is 11.8 Å². The Morgan fingerprint density at radius 2 is 1.83 bits per heavy atom. The summed E-state index contributed by atoms with van der Waals surface area (Å²) in [5.74, 6) is -1.60. The maximum absolute atomic E-state index is 14.5. The first-order valence-corrected chi connectivity index (χ1v) is 10.3. The molecule has 1 fully saturated rings. The molecule has 3 aromatic rings. The van der Waals surface area contributed by atoms with E-state index in [1.807, 2.05) is 13.0 Å². The molecule has 152 valence electrons. The van der Waals surface area contributed by atoms with Crippen LogP contribution in [0.2, 0.25) is 0 Å². The van der Waals surface area contributed by atoms with E-state index in [1.54, 1.807) is 36.4 Å². The Morgan fingerprint density at radius 3 is 2.63 bits per heavy atom. The number of aryl methyl sites for hydroxylation is 1. The van der Waals surface area contributed by atoms with E-state index >= 15 is 0 Å². The van der Waals surface area contributed by atoms with E-state index in [2.05, 4.69) is 5.32 Å². The summed E-state index contributed by atoms with van der Waals surface area (Å²) in [6, 6.07) is 17.3. The molecule has 1 aliphatic rings. The molecule has 0 spiro atoms. The molecule has 3 aromatic carbocycles. The van der Waals surface area contributed by atoms with Gasteiger partial charge in [0.1, 0.15) is 17.0 Å². The standard InChI is InChI=1S/C23H18F2N2O2S/c1-14-9-10-19(25)20(11-14)27-21(28)13-30-23(27)15-5-4-6-16(12-15)26-22(29)17-7-2-3-8-18(17)24/h2-12,23H,13H2,1H3,(H,26,29). The Morgan fingerprint density at radius 1 is 1.03 bits per heavy atom. The minimum absolute atomic E-state index is 0.0585. The fraction of sp³-hybridized carbons (Fsp3) is 0.130. The number of amides is 2. The van der Waals surface area contributed by atoms with Crippen LogP contribution in [-0.2, 0) is 4.79 Å². The summed E-state index contributed by atoms with van der Waals surface area (Å²) in [7, 11) is 0. The van der Waals surface area contributed by atoms with Crippen molar-refractivity contribution < 1.29 is 18.4 Å². The van der Waals surface area contributed by atoms with E-state index in [-0.39, 0.29) is 22.9 Å². The normalized spacial score (nSPS) is 16.0. The summed E-state index contributed by atoms with van der Waals surface area (Å²) in [5, 5.41) is 2.25. The lowest BCUT2D eigenvalue weighted by Crippen LogP contribution is -2.28. The number of rotatable bonds is 4. The highest BCUT2D eigenvalue weighted by molar-refractivity contribution is 8.00. The van der Waals surface area contributed by atoms with Crippen LogP contribution in [0.1, 0.15) is 26.9 Å². The Hall–Kier alpha value is -3.19. The van der Waals surface area contributed by atoms with E-state index in [0.29, 0.717) is 5.69 Å². The van der Waals surface area contributed by atoms with Gasteiger partial charge in [-0.05, 0) is 54.4 Å². The lowest BCUT2D eigenvalue weighted by atomic mass is 10.1. The van der Waals surface area contributed by atoms with Crippen LogP contribution in [0, 0.1) is 18.6 Å². The third kappa shape index (κ3) is 3.93. The number of carbonyl (C=O) groups is 2. The molecule has 7 heteroatoms. The van der Waals surface area contributed by atoms with Gasteiger partial charge in [0.2, 0.25) is 5.91 Å². The SMILES string of the molecule is Cc1ccc(F)c(N2C(=O)CSC2c2cccc(NC(=O)c3ccccc3F)c2)c1. The van der Waals surface area contributed by atoms with Crippen LogP contribution in [0.3, 0.4) is 0 Å². The molecular weight excluding hydrogens is 406 g/mol. The topological polar surface area (TPSA) is 49.4 Å². The summed E-state index contributed by atoms with van der Waals surface area (Å²) in [6.07, 6.45) is 0. The molecule has 1 heterocycles. The highest BCUT2D eigenvalue weighted by Crippen LogP contribution is 2.43. The van der Waals surface area contributed by atoms with Crippen molar-refractivity contribution in [3.63, 3.8) is 0 Å². The third-order valence-electron chi connectivity index (χ3n) is 4.78. The van der Waals surface area contributed by atoms with Crippen molar-refractivity contribution in [1.29, 1.82) is 0 Å². The molecule has 0 bridgehead atoms. The van der Waals surface area contributed by atoms with Crippen LogP contribution in [0.5, 0.6) is 0 Å². The van der Waals surface area contributed by atoms with Gasteiger partial charge in [-0.2, -0.15) is 0 Å². The first kappa shape index (κ1) is 20.1. The predicted molar refractivity (Wildman–Crippen MR) is 115 cm³/mol. The molecule has 4 rings (SSSR count). The molecule has 30 heavy (non-hydrogen) atoms. The number of thioether (sulfide) groups is 1. The number of benzene rings is 3. The molecule has 0 aromatic heterocycles. The monoisotopic (exact) mass is 424 g/mol. The van der Waals surface area contributed by atoms with Crippen LogP contribution in [-0.4, -0.2) is 17.6 Å². The van der Waals surface area contributed by atoms with Crippen LogP contribution < -0.4 is 10.2 Å². The molecule has 1 saturated heterocycles. The van der Waals surface area contributed by atoms with Crippen molar-refractivity contribution in [2.45, 2.75) is 12.3 Å². The summed E-state index contributed by atoms with van der Waals surface area (Å²) in [6.45, 7) is 1.84. The molecular formula is C23H18F2N2O2S. The minimum atomic E-state index is -0.607. The second-order valence-corrected chi connectivity index (χ2v) is 8.01. The van der Waals surface area contributed by atoms with E-state index < -0.39 is 22.9 Å². The maximum Gasteiger partial charge on any atom is 0.258 e. The van der Waals surface area contributed by atoms with E-state index in [1.165, 1.54) is 40.9 Å². The van der Waals surface area contributed by atoms with Crippen molar-refractivity contribution in [2.24, 2.45) is 0 Å². The summed E-state index contributed by atoms with van der Waals surface area (Å²) in [4.78, 5) is 26.4. The van der Waals surface area contributed by atoms with Crippen LogP contribution in [0.25, 0.3) is 0 Å². The van der Waals surface area contributed by atoms with Crippen molar-refractivity contribution in [2.75, 3.05) is 16.0 Å². The zero-order valence-corrected chi connectivity index (χ0v) is 16.9. The molecule has 2 amide bonds. The first-order chi connectivity index (χ1) is 14.4. The highest BCUT2D eigenvalue weighted by Gasteiger charge is 2.35. The van der Waals surface area contributed by atoms with Gasteiger partial charge in [0.05, 0.1) is 17.0 Å². The highest BCUT2D eigenvalue weighted by atomic mass is 32.2. The molecule has 1 atom stereocenters. The average Bonchev–Trinajstić information content (AvgIpc) is 3.11. The first-order valence-electron chi connectivity index (χ1n) is 9.29. The largest absolute Gasteiger partial charge is 0.322 e. The second-order valence-electron chi connectivity index (χ2n) is 6.94. The molecule has 4 nitrogen and oxygen atoms in total. The van der Waals surface area contributed by atoms with Crippen LogP contribution in [0.4, 0.5) is 20.2 Å². The second kappa shape index (κ2) is 8.28. The van der Waals surface area contributed by atoms with Gasteiger partial charge in [-0.15, -0.1) is 11.8 Å². The quantitative estimate of drug-likeness (QED) is 0.618. The third-order valence-corrected chi connectivity index (χ3v) is 5.99. The Bertz CT molecular complexity index is 1140. The molecule has 1 unspecified atom stereocenters. The van der Waals surface area contributed by atoms with Gasteiger partial charge in [-0.1, -0.05) is 30.3 Å². The van der Waals surface area contributed by atoms with Gasteiger partial charge in [-0.25, -0.2) is 8.78 Å². The van der Waals surface area contributed by atoms with Crippen molar-refractivity contribution in [3.8, 4) is 0 Å². The van der Waals surface area contributed by atoms with E-state index in [4.69, 9.17) is 0 Å². The summed E-state index contributed by atoms with van der Waals surface area (Å²) >= 11 is 1.38. The molecule has 0 aliphatic carbocycles. The number of carbonyl (C=O) groups excluding carboxylic acids is 2. The summed E-state index contributed by atoms with van der Waals surface area (Å²) < 4.78 is 28.3. The van der Waals surface area contributed by atoms with Crippen molar-refractivity contribution >= 4 is 35.0 Å². The maximum atomic E-state index is 14.5. The number of nitrogens with zero attached hydrogens (tertiary/aromatic N) is 1. The number of anilines is 2. The number of hydrogen-bond donors (Lipinski definition) is 1. The zero-order chi connectivity index (χ0) is 21.3. The lowest BCUT2D eigenvalue weighted by molar-refractivity contribution is -0.115. The Labute approximate surface area is 176 Å². The fourth-order valence-electron chi connectivity index (χ4n) is 3.35. The Balaban J connectivity index is 1.63. The average molecular weight is 424 g/mol. The number of hydrogen-bond acceptors (Lipinski definition) is 3. The summed E-state index contributed by atoms with van der Waals surface area (Å²) in [5.41, 5.74) is 2.22. The number of nitrogens with one attached hydrogen (secondary N) is 1. The van der Waals surface area contributed by atoms with Gasteiger partial charge in [0.25, 0.3) is 5.91 Å². The van der Waals surface area contributed by atoms with Gasteiger partial charge in [0, 0.05) is 5.69 Å². The minimum Gasteiger partial charge on any atom is -0.322 e. The zero-order valence-electron chi connectivity index (χ0n) is 16.1. The fourth-order valence-corrected chi connectivity index (χ4v) is 4.51.